The zero-order valence-electron chi connectivity index (χ0n) is 14.1. The molecule has 0 aromatic heterocycles. The lowest BCUT2D eigenvalue weighted by atomic mass is 10.1. The zero-order chi connectivity index (χ0) is 18.0. The van der Waals surface area contributed by atoms with E-state index < -0.39 is 32.4 Å². The highest BCUT2D eigenvalue weighted by molar-refractivity contribution is 7.89. The average molecular weight is 376 g/mol. The van der Waals surface area contributed by atoms with Gasteiger partial charge in [0.2, 0.25) is 10.0 Å². The van der Waals surface area contributed by atoms with Gasteiger partial charge in [-0.15, -0.1) is 0 Å². The summed E-state index contributed by atoms with van der Waals surface area (Å²) in [5, 5.41) is 0. The lowest BCUT2D eigenvalue weighted by Crippen LogP contribution is -2.51. The van der Waals surface area contributed by atoms with Gasteiger partial charge in [0, 0.05) is 32.2 Å². The number of hydrogen-bond acceptors (Lipinski definition) is 3. The summed E-state index contributed by atoms with van der Waals surface area (Å²) < 4.78 is 66.7. The molecule has 0 unspecified atom stereocenters. The van der Waals surface area contributed by atoms with Gasteiger partial charge < -0.3 is 0 Å². The normalized spacial score (nSPS) is 22.0. The molecule has 1 aromatic rings. The Balaban J connectivity index is 1.70. The van der Waals surface area contributed by atoms with E-state index in [9.17, 15) is 21.6 Å². The topological polar surface area (TPSA) is 40.6 Å². The molecule has 1 aromatic carbocycles. The lowest BCUT2D eigenvalue weighted by Gasteiger charge is -2.38. The first-order chi connectivity index (χ1) is 11.9. The van der Waals surface area contributed by atoms with Crippen molar-refractivity contribution in [2.45, 2.75) is 49.5 Å². The van der Waals surface area contributed by atoms with E-state index in [1.165, 1.54) is 25.7 Å². The Kier molecular flexibility index (Phi) is 5.70. The van der Waals surface area contributed by atoms with Gasteiger partial charge in [0.25, 0.3) is 0 Å². The molecular weight excluding hydrogens is 353 g/mol. The first kappa shape index (κ1) is 18.7. The molecule has 2 fully saturated rings. The Hall–Kier alpha value is -1.12. The molecule has 1 heterocycles. The van der Waals surface area contributed by atoms with Gasteiger partial charge in [0.1, 0.15) is 4.90 Å². The third-order valence-corrected chi connectivity index (χ3v) is 7.15. The molecule has 8 heteroatoms. The van der Waals surface area contributed by atoms with Crippen LogP contribution in [0.2, 0.25) is 0 Å². The molecule has 3 rings (SSSR count). The number of nitrogens with zero attached hydrogens (tertiary/aromatic N) is 2. The smallest absolute Gasteiger partial charge is 0.246 e. The van der Waals surface area contributed by atoms with Crippen LogP contribution in [0.15, 0.2) is 17.0 Å². The predicted octanol–water partition coefficient (Wildman–Crippen LogP) is 3.13. The Morgan fingerprint density at radius 1 is 0.840 bits per heavy atom. The quantitative estimate of drug-likeness (QED) is 0.601. The molecule has 0 N–H and O–H groups in total. The molecule has 140 valence electrons. The van der Waals surface area contributed by atoms with Crippen LogP contribution in [0, 0.1) is 17.5 Å². The van der Waals surface area contributed by atoms with E-state index in [2.05, 4.69) is 4.90 Å². The summed E-state index contributed by atoms with van der Waals surface area (Å²) in [4.78, 5) is 1.51. The van der Waals surface area contributed by atoms with Crippen LogP contribution in [0.5, 0.6) is 0 Å². The average Bonchev–Trinajstić information content (AvgIpc) is 2.89. The van der Waals surface area contributed by atoms with Crippen molar-refractivity contribution in [1.82, 2.24) is 9.21 Å². The van der Waals surface area contributed by atoms with Gasteiger partial charge in [-0.1, -0.05) is 25.7 Å². The first-order valence-electron chi connectivity index (χ1n) is 8.79. The van der Waals surface area contributed by atoms with Crippen molar-refractivity contribution in [1.29, 1.82) is 0 Å². The fraction of sp³-hybridized carbons (Fsp3) is 0.647. The zero-order valence-corrected chi connectivity index (χ0v) is 14.9. The van der Waals surface area contributed by atoms with Crippen molar-refractivity contribution in [2.24, 2.45) is 0 Å². The van der Waals surface area contributed by atoms with Crippen LogP contribution in [0.3, 0.4) is 0 Å². The summed E-state index contributed by atoms with van der Waals surface area (Å²) >= 11 is 0. The van der Waals surface area contributed by atoms with Crippen LogP contribution in [0.25, 0.3) is 0 Å². The van der Waals surface area contributed by atoms with Crippen molar-refractivity contribution in [3.05, 3.63) is 29.6 Å². The molecule has 1 aliphatic carbocycles. The summed E-state index contributed by atoms with van der Waals surface area (Å²) in [6.07, 6.45) is 7.15. The standard InChI is InChI=1S/C17H23F3N2O2S/c18-14-7-8-15(17(20)16(14)19)25(23,24)22-11-9-21(10-12-22)13-5-3-1-2-4-6-13/h7-8,13H,1-6,9-12H2. The third kappa shape index (κ3) is 3.85. The van der Waals surface area contributed by atoms with Crippen LogP contribution in [0.1, 0.15) is 38.5 Å². The number of benzene rings is 1. The second-order valence-electron chi connectivity index (χ2n) is 6.76. The van der Waals surface area contributed by atoms with Crippen LogP contribution < -0.4 is 0 Å². The van der Waals surface area contributed by atoms with Crippen molar-refractivity contribution < 1.29 is 21.6 Å². The van der Waals surface area contributed by atoms with Gasteiger partial charge in [0.15, 0.2) is 17.5 Å². The first-order valence-corrected chi connectivity index (χ1v) is 10.2. The molecule has 25 heavy (non-hydrogen) atoms. The SMILES string of the molecule is O=S(=O)(c1ccc(F)c(F)c1F)N1CCN(C2CCCCCC2)CC1. The van der Waals surface area contributed by atoms with Gasteiger partial charge in [0.05, 0.1) is 0 Å². The van der Waals surface area contributed by atoms with Crippen LogP contribution in [0.4, 0.5) is 13.2 Å². The second kappa shape index (κ2) is 7.63. The fourth-order valence-corrected chi connectivity index (χ4v) is 5.26. The van der Waals surface area contributed by atoms with Gasteiger partial charge >= 0.3 is 0 Å². The Labute approximate surface area is 146 Å². The molecule has 1 saturated carbocycles. The minimum Gasteiger partial charge on any atom is -0.298 e. The summed E-state index contributed by atoms with van der Waals surface area (Å²) in [6, 6.07) is 1.92. The maximum atomic E-state index is 13.9. The van der Waals surface area contributed by atoms with Gasteiger partial charge in [-0.05, 0) is 25.0 Å². The molecule has 0 amide bonds. The van der Waals surface area contributed by atoms with E-state index in [4.69, 9.17) is 0 Å². The lowest BCUT2D eigenvalue weighted by molar-refractivity contribution is 0.126. The van der Waals surface area contributed by atoms with Crippen molar-refractivity contribution in [3.8, 4) is 0 Å². The highest BCUT2D eigenvalue weighted by Gasteiger charge is 2.34. The molecule has 0 bridgehead atoms. The monoisotopic (exact) mass is 376 g/mol. The molecule has 0 spiro atoms. The number of sulfonamides is 1. The van der Waals surface area contributed by atoms with E-state index in [1.807, 2.05) is 0 Å². The number of hydrogen-bond donors (Lipinski definition) is 0. The number of piperazine rings is 1. The Morgan fingerprint density at radius 3 is 2.04 bits per heavy atom. The minimum atomic E-state index is -4.17. The third-order valence-electron chi connectivity index (χ3n) is 5.23. The summed E-state index contributed by atoms with van der Waals surface area (Å²) in [6.45, 7) is 1.62. The largest absolute Gasteiger partial charge is 0.298 e. The number of halogens is 3. The number of rotatable bonds is 3. The van der Waals surface area contributed by atoms with Crippen LogP contribution >= 0.6 is 0 Å². The van der Waals surface area contributed by atoms with Gasteiger partial charge in [-0.3, -0.25) is 4.90 Å². The van der Waals surface area contributed by atoms with Crippen molar-refractivity contribution in [3.63, 3.8) is 0 Å². The van der Waals surface area contributed by atoms with E-state index in [-0.39, 0.29) is 13.1 Å². The molecule has 1 aliphatic heterocycles. The van der Waals surface area contributed by atoms with E-state index in [1.54, 1.807) is 0 Å². The molecule has 4 nitrogen and oxygen atoms in total. The van der Waals surface area contributed by atoms with E-state index in [0.29, 0.717) is 25.2 Å². The maximum Gasteiger partial charge on any atom is 0.246 e. The van der Waals surface area contributed by atoms with E-state index >= 15 is 0 Å². The second-order valence-corrected chi connectivity index (χ2v) is 8.67. The van der Waals surface area contributed by atoms with Crippen molar-refractivity contribution in [2.75, 3.05) is 26.2 Å². The van der Waals surface area contributed by atoms with Crippen LogP contribution in [-0.2, 0) is 10.0 Å². The summed E-state index contributed by atoms with van der Waals surface area (Å²) in [7, 11) is -4.17. The minimum absolute atomic E-state index is 0.233. The molecule has 2 aliphatic rings. The molecular formula is C17H23F3N2O2S. The van der Waals surface area contributed by atoms with Gasteiger partial charge in [-0.2, -0.15) is 4.31 Å². The van der Waals surface area contributed by atoms with Gasteiger partial charge in [-0.25, -0.2) is 21.6 Å². The predicted molar refractivity (Wildman–Crippen MR) is 88.1 cm³/mol. The van der Waals surface area contributed by atoms with Crippen molar-refractivity contribution >= 4 is 10.0 Å². The van der Waals surface area contributed by atoms with Crippen LogP contribution in [-0.4, -0.2) is 49.8 Å². The Bertz CT molecular complexity index is 711. The molecule has 0 radical (unpaired) electrons. The summed E-state index contributed by atoms with van der Waals surface area (Å²) in [5.74, 6) is -4.79. The molecule has 0 atom stereocenters. The Morgan fingerprint density at radius 2 is 1.44 bits per heavy atom. The summed E-state index contributed by atoms with van der Waals surface area (Å²) in [5.41, 5.74) is 0. The fourth-order valence-electron chi connectivity index (χ4n) is 3.78. The molecule has 1 saturated heterocycles. The van der Waals surface area contributed by atoms with E-state index in [0.717, 1.165) is 23.2 Å². The maximum absolute atomic E-state index is 13.9. The highest BCUT2D eigenvalue weighted by Crippen LogP contribution is 2.26. The highest BCUT2D eigenvalue weighted by atomic mass is 32.2.